The number of rotatable bonds is 3. The lowest BCUT2D eigenvalue weighted by Gasteiger charge is -2.32. The molecule has 1 rings (SSSR count). The highest BCUT2D eigenvalue weighted by molar-refractivity contribution is 7.81. The average Bonchev–Trinajstić information content (AvgIpc) is 2.08. The van der Waals surface area contributed by atoms with Gasteiger partial charge in [-0.25, -0.2) is 0 Å². The zero-order valence-electron chi connectivity index (χ0n) is 9.08. The van der Waals surface area contributed by atoms with Crippen LogP contribution in [0.25, 0.3) is 0 Å². The summed E-state index contributed by atoms with van der Waals surface area (Å²) in [6.07, 6.45) is 4.65. The van der Waals surface area contributed by atoms with Gasteiger partial charge in [-0.1, -0.05) is 29.4 Å². The number of hydrogen-bond acceptors (Lipinski definition) is 3. The quantitative estimate of drug-likeness (QED) is 0.705. The van der Waals surface area contributed by atoms with Crippen LogP contribution in [0, 0.1) is 5.41 Å². The van der Waals surface area contributed by atoms with Crippen molar-refractivity contribution in [2.75, 3.05) is 0 Å². The van der Waals surface area contributed by atoms with Gasteiger partial charge in [0.05, 0.1) is 0 Å². The lowest BCUT2D eigenvalue weighted by Crippen LogP contribution is -2.24. The zero-order chi connectivity index (χ0) is 11.7. The van der Waals surface area contributed by atoms with E-state index in [2.05, 4.69) is 4.18 Å². The van der Waals surface area contributed by atoms with E-state index in [9.17, 15) is 12.3 Å². The third-order valence-corrected chi connectivity index (χ3v) is 3.13. The van der Waals surface area contributed by atoms with Gasteiger partial charge in [-0.2, -0.15) is 8.42 Å². The first-order valence-corrected chi connectivity index (χ1v) is 6.10. The number of hydrogen-bond donors (Lipinski definition) is 0. The molecule has 0 heterocycles. The maximum Gasteiger partial charge on any atom is 0.488 e. The van der Waals surface area contributed by atoms with Crippen LogP contribution in [-0.2, 0) is 14.7 Å². The topological polar surface area (TPSA) is 43.4 Å². The highest BCUT2D eigenvalue weighted by Gasteiger charge is 2.33. The molecule has 0 saturated carbocycles. The molecule has 1 aliphatic rings. The third-order valence-electron chi connectivity index (χ3n) is 2.75. The Morgan fingerprint density at radius 1 is 1.53 bits per heavy atom. The average molecular weight is 234 g/mol. The minimum Gasteiger partial charge on any atom is -0.362 e. The molecule has 86 valence electrons. The third kappa shape index (κ3) is 3.06. The van der Waals surface area contributed by atoms with E-state index < -0.39 is 15.9 Å². The summed E-state index contributed by atoms with van der Waals surface area (Å²) in [5.74, 6) is 0.179. The Labute approximate surface area is 90.0 Å². The molecule has 0 bridgehead atoms. The Kier molecular flexibility index (Phi) is 3.23. The normalized spacial score (nSPS) is 26.9. The molecular formula is C10H15FO3S. The van der Waals surface area contributed by atoms with E-state index in [4.69, 9.17) is 0 Å². The van der Waals surface area contributed by atoms with E-state index in [1.165, 1.54) is 6.08 Å². The molecule has 3 nitrogen and oxygen atoms in total. The predicted octanol–water partition coefficient (Wildman–Crippen LogP) is 2.87. The molecule has 5 heteroatoms. The van der Waals surface area contributed by atoms with Crippen LogP contribution in [0.1, 0.15) is 33.6 Å². The highest BCUT2D eigenvalue weighted by Crippen LogP contribution is 2.41. The van der Waals surface area contributed by atoms with Gasteiger partial charge in [0.25, 0.3) is 0 Å². The second-order valence-electron chi connectivity index (χ2n) is 4.11. The molecule has 0 saturated heterocycles. The van der Waals surface area contributed by atoms with Gasteiger partial charge in [0, 0.05) is 5.41 Å². The maximum atomic E-state index is 12.4. The SMILES string of the molecule is CCC1(C)CC(C)=CC=C1OS(=O)(=O)F. The van der Waals surface area contributed by atoms with E-state index in [1.807, 2.05) is 20.8 Å². The summed E-state index contributed by atoms with van der Waals surface area (Å²) in [4.78, 5) is 0. The minimum atomic E-state index is -4.92. The van der Waals surface area contributed by atoms with Crippen molar-refractivity contribution in [2.24, 2.45) is 5.41 Å². The smallest absolute Gasteiger partial charge is 0.362 e. The van der Waals surface area contributed by atoms with E-state index in [0.29, 0.717) is 12.8 Å². The van der Waals surface area contributed by atoms with Crippen LogP contribution in [0.2, 0.25) is 0 Å². The van der Waals surface area contributed by atoms with Crippen molar-refractivity contribution in [1.29, 1.82) is 0 Å². The molecule has 1 aliphatic carbocycles. The lowest BCUT2D eigenvalue weighted by atomic mass is 9.77. The second-order valence-corrected chi connectivity index (χ2v) is 5.06. The van der Waals surface area contributed by atoms with Gasteiger partial charge in [0.15, 0.2) is 0 Å². The van der Waals surface area contributed by atoms with Crippen molar-refractivity contribution >= 4 is 10.5 Å². The second kappa shape index (κ2) is 3.96. The molecule has 0 fully saturated rings. The van der Waals surface area contributed by atoms with Gasteiger partial charge in [0.2, 0.25) is 0 Å². The van der Waals surface area contributed by atoms with Crippen LogP contribution in [0.3, 0.4) is 0 Å². The molecule has 15 heavy (non-hydrogen) atoms. The van der Waals surface area contributed by atoms with E-state index in [-0.39, 0.29) is 5.76 Å². The summed E-state index contributed by atoms with van der Waals surface area (Å²) in [6.45, 7) is 5.73. The molecule has 1 atom stereocenters. The molecule has 0 N–H and O–H groups in total. The first kappa shape index (κ1) is 12.2. The van der Waals surface area contributed by atoms with Crippen molar-refractivity contribution in [3.8, 4) is 0 Å². The van der Waals surface area contributed by atoms with E-state index >= 15 is 0 Å². The Morgan fingerprint density at radius 2 is 2.13 bits per heavy atom. The van der Waals surface area contributed by atoms with E-state index in [1.54, 1.807) is 6.08 Å². The first-order chi connectivity index (χ1) is 6.77. The van der Waals surface area contributed by atoms with Gasteiger partial charge in [-0.3, -0.25) is 0 Å². The molecule has 0 spiro atoms. The Hall–Kier alpha value is -0.840. The summed E-state index contributed by atoms with van der Waals surface area (Å²) < 4.78 is 37.7. The highest BCUT2D eigenvalue weighted by atomic mass is 32.3. The van der Waals surface area contributed by atoms with Crippen LogP contribution < -0.4 is 0 Å². The predicted molar refractivity (Wildman–Crippen MR) is 56.0 cm³/mol. The molecule has 0 radical (unpaired) electrons. The molecule has 0 aromatic rings. The van der Waals surface area contributed by atoms with Gasteiger partial charge in [0.1, 0.15) is 5.76 Å². The fraction of sp³-hybridized carbons (Fsp3) is 0.600. The van der Waals surface area contributed by atoms with Crippen LogP contribution in [0.4, 0.5) is 3.89 Å². The van der Waals surface area contributed by atoms with Crippen molar-refractivity contribution in [2.45, 2.75) is 33.6 Å². The van der Waals surface area contributed by atoms with Gasteiger partial charge in [-0.05, 0) is 25.8 Å². The maximum absolute atomic E-state index is 12.4. The minimum absolute atomic E-state index is 0.179. The Balaban J connectivity index is 3.03. The molecule has 0 aromatic heterocycles. The fourth-order valence-corrected chi connectivity index (χ4v) is 2.19. The first-order valence-electron chi connectivity index (χ1n) is 4.79. The van der Waals surface area contributed by atoms with E-state index in [0.717, 1.165) is 5.57 Å². The summed E-state index contributed by atoms with van der Waals surface area (Å²) >= 11 is 0. The zero-order valence-corrected chi connectivity index (χ0v) is 9.90. The molecular weight excluding hydrogens is 219 g/mol. The van der Waals surface area contributed by atoms with Gasteiger partial charge in [-0.15, -0.1) is 0 Å². The number of allylic oxidation sites excluding steroid dienone is 4. The summed E-state index contributed by atoms with van der Waals surface area (Å²) in [5.41, 5.74) is 0.695. The van der Waals surface area contributed by atoms with Crippen molar-refractivity contribution in [1.82, 2.24) is 0 Å². The largest absolute Gasteiger partial charge is 0.488 e. The molecule has 0 aliphatic heterocycles. The summed E-state index contributed by atoms with van der Waals surface area (Å²) in [6, 6.07) is 0. The van der Waals surface area contributed by atoms with Crippen molar-refractivity contribution in [3.05, 3.63) is 23.5 Å². The Bertz CT molecular complexity index is 408. The van der Waals surface area contributed by atoms with Crippen LogP contribution in [0.15, 0.2) is 23.5 Å². The number of halogens is 1. The van der Waals surface area contributed by atoms with Crippen LogP contribution in [0.5, 0.6) is 0 Å². The van der Waals surface area contributed by atoms with Crippen LogP contribution in [-0.4, -0.2) is 8.42 Å². The van der Waals surface area contributed by atoms with Crippen molar-refractivity contribution in [3.63, 3.8) is 0 Å². The summed E-state index contributed by atoms with van der Waals surface area (Å²) in [7, 11) is -4.92. The molecule has 1 unspecified atom stereocenters. The monoisotopic (exact) mass is 234 g/mol. The molecule has 0 amide bonds. The van der Waals surface area contributed by atoms with Crippen molar-refractivity contribution < 1.29 is 16.5 Å². The molecule has 0 aromatic carbocycles. The standard InChI is InChI=1S/C10H15FO3S/c1-4-10(3)7-8(2)5-6-9(10)14-15(11,12)13/h5-6H,4,7H2,1-3H3. The van der Waals surface area contributed by atoms with Gasteiger partial charge < -0.3 is 4.18 Å². The van der Waals surface area contributed by atoms with Gasteiger partial charge >= 0.3 is 10.5 Å². The van der Waals surface area contributed by atoms with Crippen LogP contribution >= 0.6 is 0 Å². The Morgan fingerprint density at radius 3 is 2.60 bits per heavy atom. The fourth-order valence-electron chi connectivity index (χ4n) is 1.72. The lowest BCUT2D eigenvalue weighted by molar-refractivity contribution is 0.233. The summed E-state index contributed by atoms with van der Waals surface area (Å²) in [5, 5.41) is 0.